The zero-order chi connectivity index (χ0) is 13.9. The molecule has 1 fully saturated rings. The van der Waals surface area contributed by atoms with Crippen LogP contribution in [0.1, 0.15) is 25.7 Å². The molecule has 0 saturated heterocycles. The Hall–Kier alpha value is -1.01. The Bertz CT molecular complexity index is 576. The van der Waals surface area contributed by atoms with E-state index in [1.807, 2.05) is 18.8 Å². The van der Waals surface area contributed by atoms with Crippen molar-refractivity contribution in [3.8, 4) is 0 Å². The lowest BCUT2D eigenvalue weighted by Gasteiger charge is -2.28. The summed E-state index contributed by atoms with van der Waals surface area (Å²) in [6.07, 6.45) is 7.29. The van der Waals surface area contributed by atoms with E-state index in [4.69, 9.17) is 0 Å². The third-order valence-electron chi connectivity index (χ3n) is 3.90. The van der Waals surface area contributed by atoms with E-state index >= 15 is 0 Å². The highest BCUT2D eigenvalue weighted by Gasteiger charge is 2.21. The number of thioether (sulfide) groups is 1. The number of rotatable bonds is 4. The maximum absolute atomic E-state index is 4.59. The van der Waals surface area contributed by atoms with Gasteiger partial charge in [0.25, 0.3) is 0 Å². The SMILES string of the molecule is CNc1nc(NC2CCC(SC)CC2)c2ccsc2n1. The molecule has 0 amide bonds. The smallest absolute Gasteiger partial charge is 0.225 e. The van der Waals surface area contributed by atoms with E-state index in [1.165, 1.54) is 25.7 Å². The molecule has 1 aliphatic carbocycles. The number of fused-ring (bicyclic) bond motifs is 1. The predicted molar refractivity (Wildman–Crippen MR) is 90.1 cm³/mol. The zero-order valence-corrected chi connectivity index (χ0v) is 13.5. The minimum atomic E-state index is 0.543. The highest BCUT2D eigenvalue weighted by molar-refractivity contribution is 7.99. The number of aromatic nitrogens is 2. The Morgan fingerprint density at radius 2 is 2.05 bits per heavy atom. The fourth-order valence-corrected chi connectivity index (χ4v) is 4.22. The fraction of sp³-hybridized carbons (Fsp3) is 0.571. The van der Waals surface area contributed by atoms with Gasteiger partial charge in [0.15, 0.2) is 0 Å². The molecule has 0 atom stereocenters. The Kier molecular flexibility index (Phi) is 4.31. The van der Waals surface area contributed by atoms with Crippen molar-refractivity contribution in [2.75, 3.05) is 23.9 Å². The van der Waals surface area contributed by atoms with Crippen molar-refractivity contribution >= 4 is 45.1 Å². The Morgan fingerprint density at radius 1 is 1.25 bits per heavy atom. The summed E-state index contributed by atoms with van der Waals surface area (Å²) in [5, 5.41) is 10.7. The number of nitrogens with one attached hydrogen (secondary N) is 2. The lowest BCUT2D eigenvalue weighted by atomic mass is 9.95. The fourth-order valence-electron chi connectivity index (χ4n) is 2.71. The van der Waals surface area contributed by atoms with Crippen LogP contribution in [0.25, 0.3) is 10.2 Å². The van der Waals surface area contributed by atoms with Crippen molar-refractivity contribution in [2.24, 2.45) is 0 Å². The van der Waals surface area contributed by atoms with E-state index in [0.717, 1.165) is 21.3 Å². The van der Waals surface area contributed by atoms with Gasteiger partial charge in [-0.1, -0.05) is 0 Å². The van der Waals surface area contributed by atoms with Crippen LogP contribution in [-0.4, -0.2) is 34.6 Å². The molecule has 0 unspecified atom stereocenters. The first kappa shape index (κ1) is 13.9. The quantitative estimate of drug-likeness (QED) is 0.899. The number of hydrogen-bond donors (Lipinski definition) is 2. The van der Waals surface area contributed by atoms with Crippen molar-refractivity contribution < 1.29 is 0 Å². The van der Waals surface area contributed by atoms with Crippen molar-refractivity contribution in [2.45, 2.75) is 37.0 Å². The second-order valence-corrected chi connectivity index (χ2v) is 7.17. The molecule has 108 valence electrons. The zero-order valence-electron chi connectivity index (χ0n) is 11.8. The van der Waals surface area contributed by atoms with Crippen LogP contribution in [-0.2, 0) is 0 Å². The van der Waals surface area contributed by atoms with Crippen LogP contribution < -0.4 is 10.6 Å². The van der Waals surface area contributed by atoms with Gasteiger partial charge < -0.3 is 10.6 Å². The van der Waals surface area contributed by atoms with Gasteiger partial charge in [-0.25, -0.2) is 4.98 Å². The summed E-state index contributed by atoms with van der Waals surface area (Å²) in [5.41, 5.74) is 0. The topological polar surface area (TPSA) is 49.8 Å². The molecule has 6 heteroatoms. The first-order valence-electron chi connectivity index (χ1n) is 7.02. The molecule has 4 nitrogen and oxygen atoms in total. The van der Waals surface area contributed by atoms with E-state index in [0.29, 0.717) is 12.0 Å². The minimum absolute atomic E-state index is 0.543. The summed E-state index contributed by atoms with van der Waals surface area (Å²) >= 11 is 3.66. The van der Waals surface area contributed by atoms with E-state index in [-0.39, 0.29) is 0 Å². The molecule has 2 heterocycles. The Labute approximate surface area is 127 Å². The summed E-state index contributed by atoms with van der Waals surface area (Å²) in [6.45, 7) is 0. The maximum Gasteiger partial charge on any atom is 0.225 e. The molecule has 0 aliphatic heterocycles. The molecule has 2 aromatic heterocycles. The predicted octanol–water partition coefficient (Wildman–Crippen LogP) is 3.82. The third kappa shape index (κ3) is 2.86. The highest BCUT2D eigenvalue weighted by Crippen LogP contribution is 2.31. The van der Waals surface area contributed by atoms with Crippen LogP contribution in [0, 0.1) is 0 Å². The van der Waals surface area contributed by atoms with E-state index in [2.05, 4.69) is 38.3 Å². The van der Waals surface area contributed by atoms with Crippen LogP contribution in [0.5, 0.6) is 0 Å². The molecule has 0 aromatic carbocycles. The lowest BCUT2D eigenvalue weighted by Crippen LogP contribution is -2.27. The van der Waals surface area contributed by atoms with E-state index < -0.39 is 0 Å². The molecule has 0 radical (unpaired) electrons. The molecule has 0 bridgehead atoms. The third-order valence-corrected chi connectivity index (χ3v) is 5.84. The second-order valence-electron chi connectivity index (χ2n) is 5.14. The van der Waals surface area contributed by atoms with Crippen LogP contribution in [0.15, 0.2) is 11.4 Å². The van der Waals surface area contributed by atoms with Crippen molar-refractivity contribution in [1.29, 1.82) is 0 Å². The lowest BCUT2D eigenvalue weighted by molar-refractivity contribution is 0.472. The largest absolute Gasteiger partial charge is 0.367 e. The molecule has 2 N–H and O–H groups in total. The van der Waals surface area contributed by atoms with Gasteiger partial charge in [-0.2, -0.15) is 16.7 Å². The molecular formula is C14H20N4S2. The Morgan fingerprint density at radius 3 is 2.75 bits per heavy atom. The Balaban J connectivity index is 1.78. The van der Waals surface area contributed by atoms with E-state index in [9.17, 15) is 0 Å². The summed E-state index contributed by atoms with van der Waals surface area (Å²) in [6, 6.07) is 2.65. The molecule has 20 heavy (non-hydrogen) atoms. The number of hydrogen-bond acceptors (Lipinski definition) is 6. The van der Waals surface area contributed by atoms with Crippen LogP contribution in [0.3, 0.4) is 0 Å². The molecule has 1 saturated carbocycles. The van der Waals surface area contributed by atoms with Gasteiger partial charge in [-0.15, -0.1) is 11.3 Å². The summed E-state index contributed by atoms with van der Waals surface area (Å²) in [5.74, 6) is 1.67. The van der Waals surface area contributed by atoms with Gasteiger partial charge in [0.05, 0.1) is 5.39 Å². The van der Waals surface area contributed by atoms with Gasteiger partial charge in [-0.3, -0.25) is 0 Å². The van der Waals surface area contributed by atoms with Crippen molar-refractivity contribution in [3.63, 3.8) is 0 Å². The van der Waals surface area contributed by atoms with Crippen LogP contribution in [0.4, 0.5) is 11.8 Å². The average Bonchev–Trinajstić information content (AvgIpc) is 2.96. The van der Waals surface area contributed by atoms with Crippen LogP contribution >= 0.6 is 23.1 Å². The number of thiophene rings is 1. The number of anilines is 2. The molecule has 2 aromatic rings. The van der Waals surface area contributed by atoms with Gasteiger partial charge in [0, 0.05) is 18.3 Å². The van der Waals surface area contributed by atoms with Crippen LogP contribution in [0.2, 0.25) is 0 Å². The van der Waals surface area contributed by atoms with E-state index in [1.54, 1.807) is 11.3 Å². The molecule has 1 aliphatic rings. The normalized spacial score (nSPS) is 22.9. The van der Waals surface area contributed by atoms with Crippen molar-refractivity contribution in [1.82, 2.24) is 9.97 Å². The second kappa shape index (κ2) is 6.18. The summed E-state index contributed by atoms with van der Waals surface area (Å²) in [7, 11) is 1.86. The molecular weight excluding hydrogens is 288 g/mol. The average molecular weight is 308 g/mol. The van der Waals surface area contributed by atoms with Gasteiger partial charge in [-0.05, 0) is 43.4 Å². The highest BCUT2D eigenvalue weighted by atomic mass is 32.2. The maximum atomic E-state index is 4.59. The van der Waals surface area contributed by atoms with Crippen molar-refractivity contribution in [3.05, 3.63) is 11.4 Å². The first-order valence-corrected chi connectivity index (χ1v) is 9.19. The summed E-state index contributed by atoms with van der Waals surface area (Å²) < 4.78 is 0. The van der Waals surface area contributed by atoms with Gasteiger partial charge in [0.1, 0.15) is 10.6 Å². The van der Waals surface area contributed by atoms with Gasteiger partial charge >= 0.3 is 0 Å². The minimum Gasteiger partial charge on any atom is -0.367 e. The number of nitrogens with zero attached hydrogens (tertiary/aromatic N) is 2. The first-order chi connectivity index (χ1) is 9.80. The monoisotopic (exact) mass is 308 g/mol. The summed E-state index contributed by atoms with van der Waals surface area (Å²) in [4.78, 5) is 10.1. The molecule has 0 spiro atoms. The standard InChI is InChI=1S/C14H20N4S2/c1-15-14-17-12(11-7-8-20-13(11)18-14)16-9-3-5-10(19-2)6-4-9/h7-10H,3-6H2,1-2H3,(H2,15,16,17,18). The van der Waals surface area contributed by atoms with Gasteiger partial charge in [0.2, 0.25) is 5.95 Å². The molecule has 3 rings (SSSR count).